The summed E-state index contributed by atoms with van der Waals surface area (Å²) in [5.74, 6) is 0. The van der Waals surface area contributed by atoms with Gasteiger partial charge in [0.15, 0.2) is 0 Å². The molecule has 18 heavy (non-hydrogen) atoms. The molecule has 1 heterocycles. The van der Waals surface area contributed by atoms with Crippen LogP contribution in [0.5, 0.6) is 0 Å². The highest BCUT2D eigenvalue weighted by molar-refractivity contribution is 5.42. The summed E-state index contributed by atoms with van der Waals surface area (Å²) in [4.78, 5) is 10.2. The van der Waals surface area contributed by atoms with E-state index >= 15 is 0 Å². The SMILES string of the molecule is Cc1nn(-c2ccc([N+](=O)[O-])cc2)c(C)c1CN. The maximum Gasteiger partial charge on any atom is 0.269 e. The van der Waals surface area contributed by atoms with Gasteiger partial charge in [0.1, 0.15) is 0 Å². The third-order valence-corrected chi connectivity index (χ3v) is 2.95. The zero-order valence-electron chi connectivity index (χ0n) is 10.3. The molecule has 2 aromatic rings. The largest absolute Gasteiger partial charge is 0.326 e. The monoisotopic (exact) mass is 246 g/mol. The molecule has 0 bridgehead atoms. The third kappa shape index (κ3) is 1.98. The number of nitro groups is 1. The second-order valence-corrected chi connectivity index (χ2v) is 4.04. The van der Waals surface area contributed by atoms with Crippen LogP contribution in [0.25, 0.3) is 5.69 Å². The van der Waals surface area contributed by atoms with Gasteiger partial charge in [0.25, 0.3) is 5.69 Å². The number of aromatic nitrogens is 2. The number of hydrogen-bond donors (Lipinski definition) is 1. The summed E-state index contributed by atoms with van der Waals surface area (Å²) in [7, 11) is 0. The lowest BCUT2D eigenvalue weighted by Crippen LogP contribution is -2.02. The number of rotatable bonds is 3. The Balaban J connectivity index is 2.46. The summed E-state index contributed by atoms with van der Waals surface area (Å²) < 4.78 is 1.75. The molecule has 0 atom stereocenters. The molecular formula is C12H14N4O2. The number of hydrogen-bond acceptors (Lipinski definition) is 4. The lowest BCUT2D eigenvalue weighted by molar-refractivity contribution is -0.384. The van der Waals surface area contributed by atoms with Gasteiger partial charge in [0.05, 0.1) is 16.3 Å². The molecule has 6 nitrogen and oxygen atoms in total. The molecule has 0 aliphatic carbocycles. The van der Waals surface area contributed by atoms with Gasteiger partial charge >= 0.3 is 0 Å². The summed E-state index contributed by atoms with van der Waals surface area (Å²) >= 11 is 0. The van der Waals surface area contributed by atoms with Crippen molar-refractivity contribution in [3.05, 3.63) is 51.3 Å². The molecule has 1 aromatic heterocycles. The molecule has 0 radical (unpaired) electrons. The average molecular weight is 246 g/mol. The third-order valence-electron chi connectivity index (χ3n) is 2.95. The minimum atomic E-state index is -0.420. The number of nitro benzene ring substituents is 1. The zero-order chi connectivity index (χ0) is 13.3. The van der Waals surface area contributed by atoms with Crippen LogP contribution in [-0.2, 0) is 6.54 Å². The summed E-state index contributed by atoms with van der Waals surface area (Å²) in [6.45, 7) is 4.27. The van der Waals surface area contributed by atoms with E-state index in [2.05, 4.69) is 5.10 Å². The van der Waals surface area contributed by atoms with Crippen molar-refractivity contribution >= 4 is 5.69 Å². The molecule has 0 fully saturated rings. The molecule has 0 unspecified atom stereocenters. The van der Waals surface area contributed by atoms with Crippen molar-refractivity contribution < 1.29 is 4.92 Å². The second-order valence-electron chi connectivity index (χ2n) is 4.04. The fourth-order valence-electron chi connectivity index (χ4n) is 1.94. The van der Waals surface area contributed by atoms with Crippen molar-refractivity contribution in [3.8, 4) is 5.69 Å². The number of aryl methyl sites for hydroxylation is 1. The molecule has 0 aliphatic rings. The normalized spacial score (nSPS) is 10.6. The van der Waals surface area contributed by atoms with Crippen molar-refractivity contribution in [2.24, 2.45) is 5.73 Å². The minimum Gasteiger partial charge on any atom is -0.326 e. The highest BCUT2D eigenvalue weighted by Gasteiger charge is 2.12. The van der Waals surface area contributed by atoms with E-state index in [1.54, 1.807) is 16.8 Å². The Labute approximate surface area is 104 Å². The van der Waals surface area contributed by atoms with E-state index in [-0.39, 0.29) is 5.69 Å². The first-order valence-electron chi connectivity index (χ1n) is 5.54. The molecule has 0 saturated heterocycles. The zero-order valence-corrected chi connectivity index (χ0v) is 10.3. The molecule has 1 aromatic carbocycles. The van der Waals surface area contributed by atoms with Crippen LogP contribution in [0.15, 0.2) is 24.3 Å². The van der Waals surface area contributed by atoms with E-state index in [0.29, 0.717) is 6.54 Å². The number of non-ortho nitro benzene ring substituents is 1. The highest BCUT2D eigenvalue weighted by atomic mass is 16.6. The Kier molecular flexibility index (Phi) is 3.12. The molecule has 94 valence electrons. The Bertz CT molecular complexity index is 587. The van der Waals surface area contributed by atoms with Gasteiger partial charge in [-0.25, -0.2) is 4.68 Å². The van der Waals surface area contributed by atoms with Crippen LogP contribution in [0, 0.1) is 24.0 Å². The first-order valence-corrected chi connectivity index (χ1v) is 5.54. The lowest BCUT2D eigenvalue weighted by Gasteiger charge is -2.04. The highest BCUT2D eigenvalue weighted by Crippen LogP contribution is 2.19. The molecule has 0 amide bonds. The topological polar surface area (TPSA) is 87.0 Å². The maximum absolute atomic E-state index is 10.6. The molecule has 2 N–H and O–H groups in total. The fraction of sp³-hybridized carbons (Fsp3) is 0.250. The van der Waals surface area contributed by atoms with E-state index in [0.717, 1.165) is 22.6 Å². The van der Waals surface area contributed by atoms with Gasteiger partial charge in [-0.15, -0.1) is 0 Å². The average Bonchev–Trinajstić information content (AvgIpc) is 2.64. The Morgan fingerprint density at radius 3 is 2.39 bits per heavy atom. The molecule has 0 spiro atoms. The van der Waals surface area contributed by atoms with Gasteiger partial charge in [-0.3, -0.25) is 10.1 Å². The summed E-state index contributed by atoms with van der Waals surface area (Å²) in [5, 5.41) is 15.0. The van der Waals surface area contributed by atoms with Crippen LogP contribution in [-0.4, -0.2) is 14.7 Å². The number of benzene rings is 1. The number of nitrogens with two attached hydrogens (primary N) is 1. The molecule has 6 heteroatoms. The standard InChI is InChI=1S/C12H14N4O2/c1-8-12(7-13)9(2)15(14-8)10-3-5-11(6-4-10)16(17)18/h3-6H,7,13H2,1-2H3. The predicted octanol–water partition coefficient (Wildman–Crippen LogP) is 1.86. The molecule has 0 aliphatic heterocycles. The van der Waals surface area contributed by atoms with Crippen molar-refractivity contribution in [1.82, 2.24) is 9.78 Å². The summed E-state index contributed by atoms with van der Waals surface area (Å²) in [6, 6.07) is 6.29. The van der Waals surface area contributed by atoms with E-state index in [1.165, 1.54) is 12.1 Å². The van der Waals surface area contributed by atoms with Crippen molar-refractivity contribution in [3.63, 3.8) is 0 Å². The van der Waals surface area contributed by atoms with Crippen molar-refractivity contribution in [1.29, 1.82) is 0 Å². The van der Waals surface area contributed by atoms with E-state index in [1.807, 2.05) is 13.8 Å². The van der Waals surface area contributed by atoms with Crippen molar-refractivity contribution in [2.45, 2.75) is 20.4 Å². The van der Waals surface area contributed by atoms with E-state index < -0.39 is 4.92 Å². The van der Waals surface area contributed by atoms with Crippen LogP contribution in [0.1, 0.15) is 17.0 Å². The van der Waals surface area contributed by atoms with Crippen LogP contribution >= 0.6 is 0 Å². The smallest absolute Gasteiger partial charge is 0.269 e. The Morgan fingerprint density at radius 1 is 1.33 bits per heavy atom. The van der Waals surface area contributed by atoms with E-state index in [9.17, 15) is 10.1 Å². The Hall–Kier alpha value is -2.21. The van der Waals surface area contributed by atoms with Gasteiger partial charge in [0, 0.05) is 29.9 Å². The van der Waals surface area contributed by atoms with Crippen molar-refractivity contribution in [2.75, 3.05) is 0 Å². The van der Waals surface area contributed by atoms with Crippen LogP contribution < -0.4 is 5.73 Å². The van der Waals surface area contributed by atoms with Gasteiger partial charge in [-0.2, -0.15) is 5.10 Å². The lowest BCUT2D eigenvalue weighted by atomic mass is 10.2. The summed E-state index contributed by atoms with van der Waals surface area (Å²) in [5.41, 5.74) is 9.38. The van der Waals surface area contributed by atoms with Gasteiger partial charge < -0.3 is 5.73 Å². The van der Waals surface area contributed by atoms with Crippen LogP contribution in [0.2, 0.25) is 0 Å². The first-order chi connectivity index (χ1) is 8.54. The van der Waals surface area contributed by atoms with Gasteiger partial charge in [-0.1, -0.05) is 0 Å². The number of nitrogens with zero attached hydrogens (tertiary/aromatic N) is 3. The summed E-state index contributed by atoms with van der Waals surface area (Å²) in [6.07, 6.45) is 0. The molecular weight excluding hydrogens is 232 g/mol. The van der Waals surface area contributed by atoms with Gasteiger partial charge in [-0.05, 0) is 26.0 Å². The fourth-order valence-corrected chi connectivity index (χ4v) is 1.94. The molecule has 2 rings (SSSR count). The first kappa shape index (κ1) is 12.3. The van der Waals surface area contributed by atoms with Crippen LogP contribution in [0.3, 0.4) is 0 Å². The maximum atomic E-state index is 10.6. The second kappa shape index (κ2) is 4.58. The predicted molar refractivity (Wildman–Crippen MR) is 67.6 cm³/mol. The quantitative estimate of drug-likeness (QED) is 0.661. The Morgan fingerprint density at radius 2 is 1.94 bits per heavy atom. The van der Waals surface area contributed by atoms with Crippen LogP contribution in [0.4, 0.5) is 5.69 Å². The van der Waals surface area contributed by atoms with Gasteiger partial charge in [0.2, 0.25) is 0 Å². The minimum absolute atomic E-state index is 0.0688. The van der Waals surface area contributed by atoms with E-state index in [4.69, 9.17) is 5.73 Å². The molecule has 0 saturated carbocycles.